The first kappa shape index (κ1) is 12.3. The first-order chi connectivity index (χ1) is 7.57. The van der Waals surface area contributed by atoms with Crippen LogP contribution in [0.25, 0.3) is 0 Å². The number of ether oxygens (including phenoxy) is 1. The van der Waals surface area contributed by atoms with Crippen molar-refractivity contribution >= 4 is 9.84 Å². The van der Waals surface area contributed by atoms with Crippen molar-refractivity contribution in [3.8, 4) is 0 Å². The zero-order chi connectivity index (χ0) is 11.6. The summed E-state index contributed by atoms with van der Waals surface area (Å²) in [5.41, 5.74) is 0. The third-order valence-electron chi connectivity index (χ3n) is 3.62. The van der Waals surface area contributed by atoms with Gasteiger partial charge in [-0.15, -0.1) is 0 Å². The Labute approximate surface area is 96.9 Å². The minimum absolute atomic E-state index is 0.0496. The molecule has 0 amide bonds. The molecule has 0 aromatic carbocycles. The van der Waals surface area contributed by atoms with Gasteiger partial charge in [0.05, 0.1) is 23.7 Å². The van der Waals surface area contributed by atoms with E-state index in [0.29, 0.717) is 12.8 Å². The molecule has 0 saturated carbocycles. The topological polar surface area (TPSA) is 63.6 Å². The molecule has 4 nitrogen and oxygen atoms in total. The first-order valence-corrected chi connectivity index (χ1v) is 7.89. The van der Waals surface area contributed by atoms with Gasteiger partial charge in [-0.1, -0.05) is 0 Å². The van der Waals surface area contributed by atoms with E-state index in [9.17, 15) is 13.5 Å². The van der Waals surface area contributed by atoms with Crippen LogP contribution in [0.2, 0.25) is 0 Å². The van der Waals surface area contributed by atoms with E-state index in [4.69, 9.17) is 4.74 Å². The summed E-state index contributed by atoms with van der Waals surface area (Å²) in [6.45, 7) is 0.832. The number of rotatable bonds is 4. The van der Waals surface area contributed by atoms with Crippen LogP contribution in [0, 0.1) is 5.92 Å². The summed E-state index contributed by atoms with van der Waals surface area (Å²) in [5, 5.41) is 9.92. The van der Waals surface area contributed by atoms with Crippen LogP contribution in [0.3, 0.4) is 0 Å². The molecule has 2 fully saturated rings. The van der Waals surface area contributed by atoms with E-state index in [-0.39, 0.29) is 23.5 Å². The predicted octanol–water partition coefficient (Wildman–Crippen LogP) is 0.741. The molecule has 0 spiro atoms. The van der Waals surface area contributed by atoms with Crippen molar-refractivity contribution in [1.29, 1.82) is 0 Å². The van der Waals surface area contributed by atoms with E-state index in [1.165, 1.54) is 0 Å². The Morgan fingerprint density at radius 1 is 1.38 bits per heavy atom. The summed E-state index contributed by atoms with van der Waals surface area (Å²) in [6, 6.07) is 0. The van der Waals surface area contributed by atoms with Crippen molar-refractivity contribution in [2.24, 2.45) is 5.92 Å². The van der Waals surface area contributed by atoms with Crippen LogP contribution in [-0.2, 0) is 14.6 Å². The molecule has 3 atom stereocenters. The van der Waals surface area contributed by atoms with Crippen molar-refractivity contribution < 1.29 is 18.3 Å². The average molecular weight is 248 g/mol. The second-order valence-electron chi connectivity index (χ2n) is 4.94. The largest absolute Gasteiger partial charge is 0.393 e. The zero-order valence-electron chi connectivity index (χ0n) is 9.47. The molecule has 94 valence electrons. The Morgan fingerprint density at radius 2 is 2.19 bits per heavy atom. The lowest BCUT2D eigenvalue weighted by Crippen LogP contribution is -2.23. The maximum Gasteiger partial charge on any atom is 0.150 e. The summed E-state index contributed by atoms with van der Waals surface area (Å²) in [4.78, 5) is 0. The highest BCUT2D eigenvalue weighted by Gasteiger charge is 2.33. The molecular weight excluding hydrogens is 228 g/mol. The predicted molar refractivity (Wildman–Crippen MR) is 61.0 cm³/mol. The first-order valence-electron chi connectivity index (χ1n) is 6.07. The van der Waals surface area contributed by atoms with Gasteiger partial charge in [0.2, 0.25) is 0 Å². The summed E-state index contributed by atoms with van der Waals surface area (Å²) >= 11 is 0. The van der Waals surface area contributed by atoms with Crippen LogP contribution in [-0.4, -0.2) is 43.8 Å². The van der Waals surface area contributed by atoms with Gasteiger partial charge >= 0.3 is 0 Å². The van der Waals surface area contributed by atoms with Crippen molar-refractivity contribution in [2.75, 3.05) is 18.1 Å². The monoisotopic (exact) mass is 248 g/mol. The minimum Gasteiger partial charge on any atom is -0.393 e. The Balaban J connectivity index is 1.73. The highest BCUT2D eigenvalue weighted by atomic mass is 32.2. The van der Waals surface area contributed by atoms with Crippen LogP contribution in [0.5, 0.6) is 0 Å². The van der Waals surface area contributed by atoms with Gasteiger partial charge < -0.3 is 9.84 Å². The fraction of sp³-hybridized carbons (Fsp3) is 1.00. The minimum atomic E-state index is -2.87. The van der Waals surface area contributed by atoms with E-state index in [1.807, 2.05) is 0 Å². The lowest BCUT2D eigenvalue weighted by atomic mass is 9.96. The lowest BCUT2D eigenvalue weighted by Gasteiger charge is -2.18. The molecule has 2 aliphatic rings. The Bertz CT molecular complexity index is 319. The van der Waals surface area contributed by atoms with Gasteiger partial charge in [0, 0.05) is 6.61 Å². The molecule has 0 bridgehead atoms. The molecule has 2 heterocycles. The molecular formula is C11H20O4S. The molecule has 1 N–H and O–H groups in total. The number of hydrogen-bond acceptors (Lipinski definition) is 4. The highest BCUT2D eigenvalue weighted by molar-refractivity contribution is 7.91. The van der Waals surface area contributed by atoms with Crippen molar-refractivity contribution in [1.82, 2.24) is 0 Å². The molecule has 3 unspecified atom stereocenters. The van der Waals surface area contributed by atoms with Crippen LogP contribution in [0.1, 0.15) is 32.1 Å². The summed E-state index contributed by atoms with van der Waals surface area (Å²) in [7, 11) is -2.87. The van der Waals surface area contributed by atoms with Gasteiger partial charge in [0.15, 0.2) is 9.84 Å². The van der Waals surface area contributed by atoms with Crippen molar-refractivity contribution in [2.45, 2.75) is 44.3 Å². The van der Waals surface area contributed by atoms with E-state index < -0.39 is 15.9 Å². The molecule has 2 aliphatic heterocycles. The number of hydrogen-bond donors (Lipinski definition) is 1. The van der Waals surface area contributed by atoms with Gasteiger partial charge in [-0.05, 0) is 38.0 Å². The fourth-order valence-corrected chi connectivity index (χ4v) is 4.46. The van der Waals surface area contributed by atoms with Gasteiger partial charge in [-0.25, -0.2) is 8.42 Å². The van der Waals surface area contributed by atoms with E-state index in [2.05, 4.69) is 0 Å². The van der Waals surface area contributed by atoms with Gasteiger partial charge in [-0.3, -0.25) is 0 Å². The summed E-state index contributed by atoms with van der Waals surface area (Å²) in [6.07, 6.45) is 4.15. The normalized spacial score (nSPS) is 35.3. The summed E-state index contributed by atoms with van der Waals surface area (Å²) < 4.78 is 28.0. The lowest BCUT2D eigenvalue weighted by molar-refractivity contribution is 0.0641. The van der Waals surface area contributed by atoms with E-state index in [1.54, 1.807) is 0 Å². The van der Waals surface area contributed by atoms with Crippen LogP contribution in [0.15, 0.2) is 0 Å². The third kappa shape index (κ3) is 3.18. The number of aliphatic hydroxyl groups is 1. The maximum atomic E-state index is 11.3. The zero-order valence-corrected chi connectivity index (χ0v) is 10.3. The molecule has 0 aromatic heterocycles. The molecule has 0 aliphatic carbocycles. The average Bonchev–Trinajstić information content (AvgIpc) is 2.83. The second-order valence-corrected chi connectivity index (χ2v) is 7.17. The second kappa shape index (κ2) is 5.02. The molecule has 2 rings (SSSR count). The van der Waals surface area contributed by atoms with E-state index >= 15 is 0 Å². The van der Waals surface area contributed by atoms with Crippen LogP contribution >= 0.6 is 0 Å². The van der Waals surface area contributed by atoms with Gasteiger partial charge in [0.25, 0.3) is 0 Å². The standard InChI is InChI=1S/C11H20O4S/c12-11(4-3-10-2-1-6-15-10)9-5-7-16(13,14)8-9/h9-12H,1-8H2. The van der Waals surface area contributed by atoms with Gasteiger partial charge in [-0.2, -0.15) is 0 Å². The number of aliphatic hydroxyl groups excluding tert-OH is 1. The SMILES string of the molecule is O=S1(=O)CCC(C(O)CCC2CCCO2)C1. The molecule has 2 saturated heterocycles. The summed E-state index contributed by atoms with van der Waals surface area (Å²) in [5.74, 6) is 0.361. The smallest absolute Gasteiger partial charge is 0.150 e. The molecule has 0 aromatic rings. The highest BCUT2D eigenvalue weighted by Crippen LogP contribution is 2.26. The molecule has 0 radical (unpaired) electrons. The fourth-order valence-electron chi connectivity index (χ4n) is 2.59. The third-order valence-corrected chi connectivity index (χ3v) is 5.41. The molecule has 16 heavy (non-hydrogen) atoms. The Kier molecular flexibility index (Phi) is 3.87. The van der Waals surface area contributed by atoms with Crippen LogP contribution in [0.4, 0.5) is 0 Å². The number of sulfone groups is 1. The molecule has 5 heteroatoms. The van der Waals surface area contributed by atoms with E-state index in [0.717, 1.165) is 25.9 Å². The maximum absolute atomic E-state index is 11.3. The van der Waals surface area contributed by atoms with Crippen LogP contribution < -0.4 is 0 Å². The Morgan fingerprint density at radius 3 is 2.75 bits per heavy atom. The van der Waals surface area contributed by atoms with Gasteiger partial charge in [0.1, 0.15) is 0 Å². The Hall–Kier alpha value is -0.130. The van der Waals surface area contributed by atoms with Crippen molar-refractivity contribution in [3.63, 3.8) is 0 Å². The van der Waals surface area contributed by atoms with Crippen molar-refractivity contribution in [3.05, 3.63) is 0 Å². The quantitative estimate of drug-likeness (QED) is 0.797.